The third-order valence-corrected chi connectivity index (χ3v) is 2.79. The van der Waals surface area contributed by atoms with Crippen LogP contribution in [0, 0.1) is 20.2 Å². The lowest BCUT2D eigenvalue weighted by atomic mass is 9.99. The number of hydrogen-bond acceptors (Lipinski definition) is 6. The summed E-state index contributed by atoms with van der Waals surface area (Å²) < 4.78 is 0. The Kier molecular flexibility index (Phi) is 3.21. The Bertz CT molecular complexity index is 636. The van der Waals surface area contributed by atoms with Gasteiger partial charge in [0, 0.05) is 29.1 Å². The maximum atomic E-state index is 11.0. The molecule has 0 atom stereocenters. The molecule has 0 bridgehead atoms. The second-order valence-corrected chi connectivity index (χ2v) is 4.00. The van der Waals surface area contributed by atoms with Crippen molar-refractivity contribution in [3.63, 3.8) is 0 Å². The first-order chi connectivity index (χ1) is 9.43. The molecule has 0 radical (unpaired) electrons. The smallest absolute Gasteiger partial charge is 0.284 e. The van der Waals surface area contributed by atoms with E-state index in [-0.39, 0.29) is 22.5 Å². The van der Waals surface area contributed by atoms with Crippen molar-refractivity contribution in [2.45, 2.75) is 0 Å². The summed E-state index contributed by atoms with van der Waals surface area (Å²) in [6, 6.07) is 0. The first-order valence-electron chi connectivity index (χ1n) is 5.49. The van der Waals surface area contributed by atoms with Crippen molar-refractivity contribution in [2.75, 3.05) is 0 Å². The van der Waals surface area contributed by atoms with Gasteiger partial charge in [-0.05, 0) is 12.2 Å². The number of nitrogens with zero attached hydrogens (tertiary/aromatic N) is 2. The third-order valence-electron chi connectivity index (χ3n) is 2.79. The second-order valence-electron chi connectivity index (χ2n) is 4.00. The Balaban J connectivity index is 2.75. The van der Waals surface area contributed by atoms with Crippen LogP contribution in [-0.2, 0) is 0 Å². The van der Waals surface area contributed by atoms with Gasteiger partial charge < -0.3 is 11.5 Å². The molecule has 4 N–H and O–H groups in total. The summed E-state index contributed by atoms with van der Waals surface area (Å²) in [5, 5.41) is 22.1. The molecule has 0 spiro atoms. The Morgan fingerprint density at radius 3 is 1.50 bits per heavy atom. The maximum absolute atomic E-state index is 11.0. The fourth-order valence-electron chi connectivity index (χ4n) is 1.96. The van der Waals surface area contributed by atoms with Crippen molar-refractivity contribution < 1.29 is 9.85 Å². The van der Waals surface area contributed by atoms with Crippen LogP contribution >= 0.6 is 0 Å². The van der Waals surface area contributed by atoms with Crippen molar-refractivity contribution in [3.05, 3.63) is 90.6 Å². The van der Waals surface area contributed by atoms with E-state index in [1.807, 2.05) is 0 Å². The van der Waals surface area contributed by atoms with Crippen LogP contribution in [0.25, 0.3) is 0 Å². The summed E-state index contributed by atoms with van der Waals surface area (Å²) in [4.78, 5) is 20.7. The monoisotopic (exact) mass is 274 g/mol. The second kappa shape index (κ2) is 4.84. The SMILES string of the molecule is NC1=CC=CC=C(N)C1=C1C([N+](=O)[O-])=CC=C1[N+](=O)[O-]. The van der Waals surface area contributed by atoms with Crippen molar-refractivity contribution >= 4 is 0 Å². The molecule has 0 saturated carbocycles. The largest absolute Gasteiger partial charge is 0.398 e. The van der Waals surface area contributed by atoms with Crippen LogP contribution in [0.5, 0.6) is 0 Å². The van der Waals surface area contributed by atoms with E-state index < -0.39 is 21.2 Å². The molecule has 0 amide bonds. The molecule has 2 rings (SSSR count). The van der Waals surface area contributed by atoms with Crippen LogP contribution in [0.15, 0.2) is 70.4 Å². The standard InChI is InChI=1S/C12H10N4O4/c13-7-3-1-2-4-8(14)11(7)12-9(15(17)18)5-6-10(12)16(19)20/h1-6H,13-14H2. The average molecular weight is 274 g/mol. The van der Waals surface area contributed by atoms with E-state index in [2.05, 4.69) is 0 Å². The van der Waals surface area contributed by atoms with Gasteiger partial charge in [0.1, 0.15) is 5.57 Å². The molecule has 8 nitrogen and oxygen atoms in total. The van der Waals surface area contributed by atoms with Crippen LogP contribution in [0.4, 0.5) is 0 Å². The number of allylic oxidation sites excluding steroid dienone is 6. The Morgan fingerprint density at radius 2 is 1.15 bits per heavy atom. The Hall–Kier alpha value is -3.16. The third kappa shape index (κ3) is 2.09. The molecule has 0 aliphatic heterocycles. The molecule has 0 fully saturated rings. The molecule has 2 aliphatic rings. The van der Waals surface area contributed by atoms with Gasteiger partial charge in [0.25, 0.3) is 11.4 Å². The van der Waals surface area contributed by atoms with Gasteiger partial charge in [0.05, 0.1) is 9.85 Å². The molecule has 0 aromatic rings. The minimum absolute atomic E-state index is 0.0957. The van der Waals surface area contributed by atoms with E-state index in [0.717, 1.165) is 12.2 Å². The molecule has 0 heterocycles. The Morgan fingerprint density at radius 1 is 0.750 bits per heavy atom. The van der Waals surface area contributed by atoms with Gasteiger partial charge in [-0.1, -0.05) is 12.2 Å². The lowest BCUT2D eigenvalue weighted by Gasteiger charge is -2.10. The maximum Gasteiger partial charge on any atom is 0.284 e. The van der Waals surface area contributed by atoms with Crippen LogP contribution in [0.1, 0.15) is 0 Å². The van der Waals surface area contributed by atoms with E-state index in [0.29, 0.717) is 0 Å². The number of nitrogens with two attached hydrogens (primary N) is 2. The quantitative estimate of drug-likeness (QED) is 0.565. The first kappa shape index (κ1) is 13.3. The van der Waals surface area contributed by atoms with Crippen molar-refractivity contribution in [1.29, 1.82) is 0 Å². The highest BCUT2D eigenvalue weighted by molar-refractivity contribution is 5.62. The molecule has 0 saturated heterocycles. The van der Waals surface area contributed by atoms with Crippen LogP contribution in [0.2, 0.25) is 0 Å². The summed E-state index contributed by atoms with van der Waals surface area (Å²) in [6.07, 6.45) is 8.28. The molecular formula is C12H10N4O4. The molecule has 0 aromatic heterocycles. The minimum Gasteiger partial charge on any atom is -0.398 e. The van der Waals surface area contributed by atoms with Crippen LogP contribution in [-0.4, -0.2) is 9.85 Å². The number of nitro groups is 2. The summed E-state index contributed by atoms with van der Waals surface area (Å²) in [5.41, 5.74) is 11.0. The van der Waals surface area contributed by atoms with Gasteiger partial charge >= 0.3 is 0 Å². The summed E-state index contributed by atoms with van der Waals surface area (Å²) in [7, 11) is 0. The zero-order valence-electron chi connectivity index (χ0n) is 10.1. The highest BCUT2D eigenvalue weighted by Gasteiger charge is 2.37. The van der Waals surface area contributed by atoms with Crippen LogP contribution < -0.4 is 11.5 Å². The highest BCUT2D eigenvalue weighted by Crippen LogP contribution is 2.34. The molecule has 20 heavy (non-hydrogen) atoms. The molecule has 102 valence electrons. The normalized spacial score (nSPS) is 18.0. The zero-order valence-corrected chi connectivity index (χ0v) is 10.1. The van der Waals surface area contributed by atoms with E-state index in [4.69, 9.17) is 11.5 Å². The van der Waals surface area contributed by atoms with E-state index >= 15 is 0 Å². The van der Waals surface area contributed by atoms with Gasteiger partial charge in [-0.25, -0.2) is 0 Å². The zero-order chi connectivity index (χ0) is 14.9. The summed E-state index contributed by atoms with van der Waals surface area (Å²) >= 11 is 0. The molecule has 2 aliphatic carbocycles. The van der Waals surface area contributed by atoms with E-state index in [1.165, 1.54) is 12.2 Å². The van der Waals surface area contributed by atoms with Gasteiger partial charge in [-0.3, -0.25) is 20.2 Å². The summed E-state index contributed by atoms with van der Waals surface area (Å²) in [5.74, 6) is 0. The predicted octanol–water partition coefficient (Wildman–Crippen LogP) is 0.873. The van der Waals surface area contributed by atoms with Gasteiger partial charge in [-0.2, -0.15) is 0 Å². The predicted molar refractivity (Wildman–Crippen MR) is 70.9 cm³/mol. The summed E-state index contributed by atoms with van der Waals surface area (Å²) in [6.45, 7) is 0. The molecular weight excluding hydrogens is 264 g/mol. The van der Waals surface area contributed by atoms with Crippen molar-refractivity contribution in [3.8, 4) is 0 Å². The number of rotatable bonds is 2. The molecule has 8 heteroatoms. The van der Waals surface area contributed by atoms with Gasteiger partial charge in [0.2, 0.25) is 0 Å². The topological polar surface area (TPSA) is 138 Å². The minimum atomic E-state index is -0.700. The van der Waals surface area contributed by atoms with E-state index in [1.54, 1.807) is 12.2 Å². The van der Waals surface area contributed by atoms with E-state index in [9.17, 15) is 20.2 Å². The fraction of sp³-hybridized carbons (Fsp3) is 0. The van der Waals surface area contributed by atoms with Gasteiger partial charge in [-0.15, -0.1) is 0 Å². The van der Waals surface area contributed by atoms with Crippen molar-refractivity contribution in [2.24, 2.45) is 11.5 Å². The molecule has 0 aromatic carbocycles. The van der Waals surface area contributed by atoms with Gasteiger partial charge in [0.15, 0.2) is 0 Å². The lowest BCUT2D eigenvalue weighted by molar-refractivity contribution is -0.435. The van der Waals surface area contributed by atoms with Crippen molar-refractivity contribution in [1.82, 2.24) is 0 Å². The molecule has 0 unspecified atom stereocenters. The fourth-order valence-corrected chi connectivity index (χ4v) is 1.96. The Labute approximate surface area is 113 Å². The average Bonchev–Trinajstić information content (AvgIpc) is 2.72. The number of hydrogen-bond donors (Lipinski definition) is 2. The highest BCUT2D eigenvalue weighted by atomic mass is 16.6. The van der Waals surface area contributed by atoms with Crippen LogP contribution in [0.3, 0.4) is 0 Å². The lowest BCUT2D eigenvalue weighted by Crippen LogP contribution is -2.16. The first-order valence-corrected chi connectivity index (χ1v) is 5.49.